The van der Waals surface area contributed by atoms with Gasteiger partial charge in [-0.2, -0.15) is 0 Å². The van der Waals surface area contributed by atoms with Gasteiger partial charge in [0.05, 0.1) is 23.3 Å². The van der Waals surface area contributed by atoms with Gasteiger partial charge in [0.1, 0.15) is 24.5 Å². The maximum absolute atomic E-state index is 14.7. The first-order valence-electron chi connectivity index (χ1n) is 8.71. The fourth-order valence-electron chi connectivity index (χ4n) is 2.66. The van der Waals surface area contributed by atoms with Crippen molar-refractivity contribution in [3.05, 3.63) is 52.5 Å². The summed E-state index contributed by atoms with van der Waals surface area (Å²) >= 11 is 3.42. The van der Waals surface area contributed by atoms with Crippen LogP contribution in [0.4, 0.5) is 4.39 Å². The van der Waals surface area contributed by atoms with Crippen LogP contribution in [-0.4, -0.2) is 22.1 Å². The second-order valence-corrected chi connectivity index (χ2v) is 7.00. The Morgan fingerprint density at radius 3 is 2.85 bits per heavy atom. The van der Waals surface area contributed by atoms with E-state index in [2.05, 4.69) is 27.8 Å². The fourth-order valence-corrected chi connectivity index (χ4v) is 3.11. The third-order valence-electron chi connectivity index (χ3n) is 4.09. The number of nitrogens with zero attached hydrogens (tertiary/aromatic N) is 2. The van der Waals surface area contributed by atoms with Crippen LogP contribution in [0.25, 0.3) is 16.7 Å². The van der Waals surface area contributed by atoms with Crippen LogP contribution in [0.1, 0.15) is 32.3 Å². The van der Waals surface area contributed by atoms with E-state index in [1.54, 1.807) is 17.0 Å². The summed E-state index contributed by atoms with van der Waals surface area (Å²) in [5.41, 5.74) is 2.41. The monoisotopic (exact) mass is 434 g/mol. The molecule has 0 atom stereocenters. The third kappa shape index (κ3) is 4.47. The van der Waals surface area contributed by atoms with Gasteiger partial charge in [-0.15, -0.1) is 0 Å². The number of unbranched alkanes of at least 4 members (excludes halogenated alkanes) is 1. The van der Waals surface area contributed by atoms with Gasteiger partial charge in [0.25, 0.3) is 0 Å². The highest BCUT2D eigenvalue weighted by Crippen LogP contribution is 2.28. The summed E-state index contributed by atoms with van der Waals surface area (Å²) < 4.78 is 27.7. The molecule has 1 aromatic heterocycles. The van der Waals surface area contributed by atoms with Gasteiger partial charge >= 0.3 is 5.97 Å². The second kappa shape index (κ2) is 8.52. The molecular weight excluding hydrogens is 415 g/mol. The Hall–Kier alpha value is -2.41. The normalized spacial score (nSPS) is 11.0. The molecule has 0 aliphatic heterocycles. The number of halogens is 2. The number of rotatable bonds is 7. The van der Waals surface area contributed by atoms with Crippen LogP contribution < -0.4 is 4.74 Å². The van der Waals surface area contributed by atoms with E-state index in [9.17, 15) is 9.18 Å². The van der Waals surface area contributed by atoms with E-state index in [-0.39, 0.29) is 6.61 Å². The Kier molecular flexibility index (Phi) is 6.11. The molecule has 2 aromatic carbocycles. The molecule has 0 radical (unpaired) electrons. The van der Waals surface area contributed by atoms with Crippen LogP contribution in [-0.2, 0) is 16.1 Å². The van der Waals surface area contributed by atoms with Gasteiger partial charge in [-0.25, -0.2) is 9.37 Å². The van der Waals surface area contributed by atoms with Crippen LogP contribution in [0, 0.1) is 5.82 Å². The minimum absolute atomic E-state index is 0.0102. The number of imidazole rings is 1. The molecule has 0 fully saturated rings. The van der Waals surface area contributed by atoms with Gasteiger partial charge in [-0.3, -0.25) is 9.36 Å². The van der Waals surface area contributed by atoms with Crippen molar-refractivity contribution in [2.24, 2.45) is 0 Å². The lowest BCUT2D eigenvalue weighted by Gasteiger charge is -2.11. The quantitative estimate of drug-likeness (QED) is 0.380. The minimum atomic E-state index is -0.428. The fraction of sp³-hybridized carbons (Fsp3) is 0.300. The van der Waals surface area contributed by atoms with Crippen molar-refractivity contribution in [1.82, 2.24) is 9.55 Å². The van der Waals surface area contributed by atoms with Crippen LogP contribution >= 0.6 is 15.9 Å². The number of esters is 1. The summed E-state index contributed by atoms with van der Waals surface area (Å²) in [5.74, 6) is -0.0912. The Labute approximate surface area is 165 Å². The van der Waals surface area contributed by atoms with E-state index in [1.807, 2.05) is 18.2 Å². The van der Waals surface area contributed by atoms with E-state index in [1.165, 1.54) is 13.0 Å². The predicted octanol–water partition coefficient (Wildman–Crippen LogP) is 5.17. The molecule has 0 spiro atoms. The third-order valence-corrected chi connectivity index (χ3v) is 4.83. The van der Waals surface area contributed by atoms with E-state index >= 15 is 0 Å². The maximum Gasteiger partial charge on any atom is 0.302 e. The Morgan fingerprint density at radius 2 is 2.11 bits per heavy atom. The molecule has 1 heterocycles. The lowest BCUT2D eigenvalue weighted by atomic mass is 10.2. The lowest BCUT2D eigenvalue weighted by Crippen LogP contribution is -2.03. The number of hydrogen-bond donors (Lipinski definition) is 0. The molecule has 0 unspecified atom stereocenters. The Bertz CT molecular complexity index is 971. The molecule has 3 aromatic rings. The molecule has 5 nitrogen and oxygen atoms in total. The summed E-state index contributed by atoms with van der Waals surface area (Å²) in [5, 5.41) is 0. The van der Waals surface area contributed by atoms with E-state index in [0.717, 1.165) is 29.6 Å². The molecule has 0 aliphatic carbocycles. The molecule has 7 heteroatoms. The van der Waals surface area contributed by atoms with Gasteiger partial charge in [-0.1, -0.05) is 29.3 Å². The van der Waals surface area contributed by atoms with Crippen molar-refractivity contribution < 1.29 is 18.7 Å². The molecule has 27 heavy (non-hydrogen) atoms. The Morgan fingerprint density at radius 1 is 1.30 bits per heavy atom. The highest BCUT2D eigenvalue weighted by molar-refractivity contribution is 9.10. The number of fused-ring (bicyclic) bond motifs is 1. The van der Waals surface area contributed by atoms with Crippen LogP contribution in [0.5, 0.6) is 5.75 Å². The smallest absolute Gasteiger partial charge is 0.302 e. The zero-order valence-corrected chi connectivity index (χ0v) is 16.8. The first-order chi connectivity index (χ1) is 13.0. The number of carbonyl (C=O) groups is 1. The van der Waals surface area contributed by atoms with Crippen molar-refractivity contribution in [1.29, 1.82) is 0 Å². The largest absolute Gasteiger partial charge is 0.494 e. The highest BCUT2D eigenvalue weighted by atomic mass is 79.9. The van der Waals surface area contributed by atoms with Crippen LogP contribution in [0.15, 0.2) is 41.1 Å². The minimum Gasteiger partial charge on any atom is -0.494 e. The van der Waals surface area contributed by atoms with Crippen molar-refractivity contribution in [2.45, 2.75) is 33.3 Å². The first-order valence-corrected chi connectivity index (χ1v) is 9.50. The first kappa shape index (κ1) is 19.4. The zero-order chi connectivity index (χ0) is 19.4. The number of carbonyl (C=O) groups excluding carboxylic acids is 1. The van der Waals surface area contributed by atoms with Crippen molar-refractivity contribution in [3.8, 4) is 11.4 Å². The predicted molar refractivity (Wildman–Crippen MR) is 105 cm³/mol. The molecule has 0 saturated carbocycles. The number of benzene rings is 2. The lowest BCUT2D eigenvalue weighted by molar-refractivity contribution is -0.142. The molecular formula is C20H20BrFN2O3. The summed E-state index contributed by atoms with van der Waals surface area (Å²) in [6.45, 7) is 4.10. The summed E-state index contributed by atoms with van der Waals surface area (Å²) in [6, 6.07) is 8.59. The SMILES string of the molecule is CCCCOc1ccc2c(c1)ncn2-c1cc(Br)c(COC(C)=O)cc1F. The molecule has 0 amide bonds. The van der Waals surface area contributed by atoms with Crippen LogP contribution in [0.2, 0.25) is 0 Å². The van der Waals surface area contributed by atoms with Gasteiger partial charge in [-0.05, 0) is 30.7 Å². The summed E-state index contributed by atoms with van der Waals surface area (Å²) in [4.78, 5) is 15.3. The molecule has 0 saturated heterocycles. The average Bonchev–Trinajstić information content (AvgIpc) is 3.05. The van der Waals surface area contributed by atoms with E-state index in [4.69, 9.17) is 9.47 Å². The number of hydrogen-bond acceptors (Lipinski definition) is 4. The van der Waals surface area contributed by atoms with Crippen molar-refractivity contribution >= 4 is 32.9 Å². The number of ether oxygens (including phenoxy) is 2. The molecule has 142 valence electrons. The van der Waals surface area contributed by atoms with Crippen molar-refractivity contribution in [3.63, 3.8) is 0 Å². The van der Waals surface area contributed by atoms with Gasteiger partial charge in [0.2, 0.25) is 0 Å². The van der Waals surface area contributed by atoms with Gasteiger partial charge in [0.15, 0.2) is 0 Å². The molecule has 3 rings (SSSR count). The van der Waals surface area contributed by atoms with E-state index < -0.39 is 11.8 Å². The maximum atomic E-state index is 14.7. The Balaban J connectivity index is 1.90. The zero-order valence-electron chi connectivity index (χ0n) is 15.2. The van der Waals surface area contributed by atoms with Gasteiger partial charge < -0.3 is 9.47 Å². The standard InChI is InChI=1S/C20H20BrFN2O3/c1-3-4-7-26-15-5-6-19-18(9-15)23-12-24(19)20-10-16(21)14(8-17(20)22)11-27-13(2)25/h5-6,8-10,12H,3-4,7,11H2,1-2H3. The molecule has 0 aliphatic rings. The summed E-state index contributed by atoms with van der Waals surface area (Å²) in [7, 11) is 0. The van der Waals surface area contributed by atoms with Gasteiger partial charge in [0, 0.05) is 23.0 Å². The van der Waals surface area contributed by atoms with Crippen molar-refractivity contribution in [2.75, 3.05) is 6.61 Å². The average molecular weight is 435 g/mol. The number of aromatic nitrogens is 2. The van der Waals surface area contributed by atoms with Crippen LogP contribution in [0.3, 0.4) is 0 Å². The van der Waals surface area contributed by atoms with E-state index in [0.29, 0.717) is 22.3 Å². The summed E-state index contributed by atoms with van der Waals surface area (Å²) in [6.07, 6.45) is 3.64. The second-order valence-electron chi connectivity index (χ2n) is 6.14. The highest BCUT2D eigenvalue weighted by Gasteiger charge is 2.14. The molecule has 0 N–H and O–H groups in total. The molecule has 0 bridgehead atoms. The topological polar surface area (TPSA) is 53.4 Å².